The predicted octanol–water partition coefficient (Wildman–Crippen LogP) is 1.29. The zero-order valence-electron chi connectivity index (χ0n) is 10.2. The molecule has 0 aromatic heterocycles. The van der Waals surface area contributed by atoms with Crippen LogP contribution in [0.15, 0.2) is 0 Å². The van der Waals surface area contributed by atoms with Crippen LogP contribution in [0.25, 0.3) is 0 Å². The van der Waals surface area contributed by atoms with Crippen LogP contribution in [0, 0.1) is 11.8 Å². The van der Waals surface area contributed by atoms with E-state index in [1.807, 2.05) is 0 Å². The summed E-state index contributed by atoms with van der Waals surface area (Å²) >= 11 is 0. The molecule has 0 bridgehead atoms. The molecule has 0 aromatic carbocycles. The van der Waals surface area contributed by atoms with Gasteiger partial charge in [0.25, 0.3) is 0 Å². The number of urea groups is 1. The molecule has 1 aliphatic carbocycles. The van der Waals surface area contributed by atoms with Crippen molar-refractivity contribution < 1.29 is 14.7 Å². The zero-order valence-corrected chi connectivity index (χ0v) is 10.2. The van der Waals surface area contributed by atoms with Crippen LogP contribution in [0.4, 0.5) is 4.79 Å². The van der Waals surface area contributed by atoms with Crippen molar-refractivity contribution in [2.45, 2.75) is 38.6 Å². The van der Waals surface area contributed by atoms with E-state index >= 15 is 0 Å². The third-order valence-electron chi connectivity index (χ3n) is 3.72. The second kappa shape index (κ2) is 4.94. The van der Waals surface area contributed by atoms with Gasteiger partial charge >= 0.3 is 12.0 Å². The van der Waals surface area contributed by atoms with Crippen LogP contribution in [0.3, 0.4) is 0 Å². The van der Waals surface area contributed by atoms with Gasteiger partial charge in [0.15, 0.2) is 0 Å². The highest BCUT2D eigenvalue weighted by molar-refractivity contribution is 5.77. The first-order valence-corrected chi connectivity index (χ1v) is 6.40. The third kappa shape index (κ3) is 2.90. The molecule has 2 N–H and O–H groups in total. The lowest BCUT2D eigenvalue weighted by molar-refractivity contribution is -0.141. The maximum absolute atomic E-state index is 11.8. The molecule has 0 radical (unpaired) electrons. The molecule has 2 amide bonds. The lowest BCUT2D eigenvalue weighted by Crippen LogP contribution is -2.40. The quantitative estimate of drug-likeness (QED) is 0.778. The summed E-state index contributed by atoms with van der Waals surface area (Å²) in [4.78, 5) is 24.2. The number of carbonyl (C=O) groups is 2. The SMILES string of the molecule is CCCC1CC1NC(=O)N1CCC(C(=O)O)C1. The molecular weight excluding hydrogens is 220 g/mol. The zero-order chi connectivity index (χ0) is 12.4. The topological polar surface area (TPSA) is 69.6 Å². The molecule has 1 aliphatic heterocycles. The van der Waals surface area contributed by atoms with Gasteiger partial charge in [0.1, 0.15) is 0 Å². The van der Waals surface area contributed by atoms with Crippen LogP contribution in [0.5, 0.6) is 0 Å². The summed E-state index contributed by atoms with van der Waals surface area (Å²) in [6.07, 6.45) is 3.98. The normalized spacial score (nSPS) is 31.4. The lowest BCUT2D eigenvalue weighted by Gasteiger charge is -2.16. The third-order valence-corrected chi connectivity index (χ3v) is 3.72. The number of aliphatic carboxylic acids is 1. The van der Waals surface area contributed by atoms with Crippen LogP contribution in [-0.2, 0) is 4.79 Å². The van der Waals surface area contributed by atoms with Crippen molar-refractivity contribution in [2.75, 3.05) is 13.1 Å². The van der Waals surface area contributed by atoms with Crippen molar-refractivity contribution >= 4 is 12.0 Å². The average molecular weight is 240 g/mol. The Bertz CT molecular complexity index is 319. The van der Waals surface area contributed by atoms with E-state index < -0.39 is 5.97 Å². The molecule has 1 saturated heterocycles. The maximum atomic E-state index is 11.8. The second-order valence-corrected chi connectivity index (χ2v) is 5.11. The van der Waals surface area contributed by atoms with Crippen molar-refractivity contribution in [3.05, 3.63) is 0 Å². The first-order chi connectivity index (χ1) is 8.11. The van der Waals surface area contributed by atoms with Crippen molar-refractivity contribution in [3.63, 3.8) is 0 Å². The summed E-state index contributed by atoms with van der Waals surface area (Å²) in [5, 5.41) is 11.8. The highest BCUT2D eigenvalue weighted by Gasteiger charge is 2.39. The van der Waals surface area contributed by atoms with Crippen molar-refractivity contribution in [3.8, 4) is 0 Å². The van der Waals surface area contributed by atoms with E-state index in [1.54, 1.807) is 4.90 Å². The van der Waals surface area contributed by atoms with Gasteiger partial charge in [-0.1, -0.05) is 13.3 Å². The molecule has 2 aliphatic rings. The smallest absolute Gasteiger partial charge is 0.317 e. The Labute approximate surface area is 101 Å². The number of nitrogens with one attached hydrogen (secondary N) is 1. The number of hydrogen-bond acceptors (Lipinski definition) is 2. The van der Waals surface area contributed by atoms with Gasteiger partial charge in [-0.25, -0.2) is 4.79 Å². The molecule has 0 aromatic rings. The maximum Gasteiger partial charge on any atom is 0.317 e. The van der Waals surface area contributed by atoms with Gasteiger partial charge in [-0.3, -0.25) is 4.79 Å². The van der Waals surface area contributed by atoms with Gasteiger partial charge < -0.3 is 15.3 Å². The van der Waals surface area contributed by atoms with E-state index in [-0.39, 0.29) is 11.9 Å². The molecule has 0 spiro atoms. The van der Waals surface area contributed by atoms with Gasteiger partial charge in [0.2, 0.25) is 0 Å². The van der Waals surface area contributed by atoms with Gasteiger partial charge in [0, 0.05) is 19.1 Å². The Kier molecular flexibility index (Phi) is 3.54. The van der Waals surface area contributed by atoms with Crippen LogP contribution in [0.2, 0.25) is 0 Å². The number of carboxylic acids is 1. The Hall–Kier alpha value is -1.26. The summed E-state index contributed by atoms with van der Waals surface area (Å²) in [5.74, 6) is -0.538. The first-order valence-electron chi connectivity index (χ1n) is 6.40. The van der Waals surface area contributed by atoms with E-state index in [2.05, 4.69) is 12.2 Å². The summed E-state index contributed by atoms with van der Waals surface area (Å²) < 4.78 is 0. The molecule has 3 unspecified atom stereocenters. The highest BCUT2D eigenvalue weighted by Crippen LogP contribution is 2.34. The number of amides is 2. The summed E-state index contributed by atoms with van der Waals surface area (Å²) in [5.41, 5.74) is 0. The molecule has 3 atom stereocenters. The van der Waals surface area contributed by atoms with E-state index in [0.717, 1.165) is 12.8 Å². The van der Waals surface area contributed by atoms with Crippen molar-refractivity contribution in [1.29, 1.82) is 0 Å². The Morgan fingerprint density at radius 2 is 2.24 bits per heavy atom. The average Bonchev–Trinajstić information content (AvgIpc) is 2.83. The molecule has 1 heterocycles. The number of hydrogen-bond donors (Lipinski definition) is 2. The van der Waals surface area contributed by atoms with Gasteiger partial charge in [-0.2, -0.15) is 0 Å². The van der Waals surface area contributed by atoms with E-state index in [4.69, 9.17) is 5.11 Å². The molecule has 1 saturated carbocycles. The largest absolute Gasteiger partial charge is 0.481 e. The van der Waals surface area contributed by atoms with E-state index in [0.29, 0.717) is 31.5 Å². The highest BCUT2D eigenvalue weighted by atomic mass is 16.4. The fourth-order valence-electron chi connectivity index (χ4n) is 2.51. The van der Waals surface area contributed by atoms with Crippen molar-refractivity contribution in [1.82, 2.24) is 10.2 Å². The summed E-state index contributed by atoms with van der Waals surface area (Å²) in [6, 6.07) is 0.240. The molecule has 5 heteroatoms. The van der Waals surface area contributed by atoms with Gasteiger partial charge in [-0.05, 0) is 25.2 Å². The Morgan fingerprint density at radius 3 is 2.82 bits per heavy atom. The fraction of sp³-hybridized carbons (Fsp3) is 0.833. The van der Waals surface area contributed by atoms with Crippen LogP contribution < -0.4 is 5.32 Å². The van der Waals surface area contributed by atoms with E-state index in [1.165, 1.54) is 6.42 Å². The standard InChI is InChI=1S/C12H20N2O3/c1-2-3-8-6-10(8)13-12(17)14-5-4-9(7-14)11(15)16/h8-10H,2-7H2,1H3,(H,13,17)(H,15,16). The number of rotatable bonds is 4. The second-order valence-electron chi connectivity index (χ2n) is 5.11. The Morgan fingerprint density at radius 1 is 1.47 bits per heavy atom. The first kappa shape index (κ1) is 12.2. The minimum Gasteiger partial charge on any atom is -0.481 e. The molecule has 17 heavy (non-hydrogen) atoms. The molecule has 2 rings (SSSR count). The van der Waals surface area contributed by atoms with Crippen LogP contribution in [0.1, 0.15) is 32.6 Å². The predicted molar refractivity (Wildman–Crippen MR) is 62.7 cm³/mol. The minimum atomic E-state index is -0.796. The number of carbonyl (C=O) groups excluding carboxylic acids is 1. The van der Waals surface area contributed by atoms with Crippen molar-refractivity contribution in [2.24, 2.45) is 11.8 Å². The molecule has 5 nitrogen and oxygen atoms in total. The van der Waals surface area contributed by atoms with Gasteiger partial charge in [0.05, 0.1) is 5.92 Å². The minimum absolute atomic E-state index is 0.0858. The number of nitrogens with zero attached hydrogens (tertiary/aromatic N) is 1. The van der Waals surface area contributed by atoms with Crippen LogP contribution >= 0.6 is 0 Å². The van der Waals surface area contributed by atoms with Crippen LogP contribution in [-0.4, -0.2) is 41.1 Å². The fourth-order valence-corrected chi connectivity index (χ4v) is 2.51. The molecular formula is C12H20N2O3. The summed E-state index contributed by atoms with van der Waals surface area (Å²) in [7, 11) is 0. The lowest BCUT2D eigenvalue weighted by atomic mass is 10.1. The van der Waals surface area contributed by atoms with Gasteiger partial charge in [-0.15, -0.1) is 0 Å². The summed E-state index contributed by atoms with van der Waals surface area (Å²) in [6.45, 7) is 3.06. The molecule has 2 fully saturated rings. The monoisotopic (exact) mass is 240 g/mol. The van der Waals surface area contributed by atoms with E-state index in [9.17, 15) is 9.59 Å². The molecule has 96 valence electrons. The Balaban J connectivity index is 1.73. The number of likely N-dealkylation sites (tertiary alicyclic amines) is 1. The number of carboxylic acid groups (broad SMARTS) is 1.